The molecule has 2 bridgehead atoms. The number of hydrogen-bond acceptors (Lipinski definition) is 4. The molecule has 0 spiro atoms. The van der Waals surface area contributed by atoms with Gasteiger partial charge in [0.15, 0.2) is 5.13 Å². The Labute approximate surface area is 113 Å². The van der Waals surface area contributed by atoms with Gasteiger partial charge in [0.2, 0.25) is 5.88 Å². The van der Waals surface area contributed by atoms with Gasteiger partial charge in [0.1, 0.15) is 0 Å². The molecule has 0 aromatic carbocycles. The van der Waals surface area contributed by atoms with Crippen LogP contribution in [0, 0.1) is 11.8 Å². The predicted molar refractivity (Wildman–Crippen MR) is 75.3 cm³/mol. The average molecular weight is 266 g/mol. The van der Waals surface area contributed by atoms with Crippen LogP contribution >= 0.6 is 11.3 Å². The summed E-state index contributed by atoms with van der Waals surface area (Å²) in [5.74, 6) is 1.97. The molecule has 0 unspecified atom stereocenters. The predicted octanol–water partition coefficient (Wildman–Crippen LogP) is 3.75. The van der Waals surface area contributed by atoms with Gasteiger partial charge in [-0.3, -0.25) is 0 Å². The van der Waals surface area contributed by atoms with Crippen molar-refractivity contribution in [1.82, 2.24) is 4.98 Å². The number of fused-ring (bicyclic) bond motifs is 2. The van der Waals surface area contributed by atoms with Crippen LogP contribution in [0.5, 0.6) is 5.88 Å². The van der Waals surface area contributed by atoms with Gasteiger partial charge in [-0.15, -0.1) is 0 Å². The van der Waals surface area contributed by atoms with Crippen molar-refractivity contribution in [3.8, 4) is 5.88 Å². The molecule has 0 amide bonds. The van der Waals surface area contributed by atoms with E-state index >= 15 is 0 Å². The topological polar surface area (TPSA) is 45.2 Å². The van der Waals surface area contributed by atoms with Crippen LogP contribution in [-0.2, 0) is 5.41 Å². The Morgan fingerprint density at radius 3 is 2.56 bits per heavy atom. The van der Waals surface area contributed by atoms with Gasteiger partial charge >= 0.3 is 0 Å². The van der Waals surface area contributed by atoms with Crippen molar-refractivity contribution in [3.05, 3.63) is 4.88 Å². The minimum absolute atomic E-state index is 0.0314. The van der Waals surface area contributed by atoms with Gasteiger partial charge in [0.25, 0.3) is 0 Å². The Balaban J connectivity index is 1.74. The van der Waals surface area contributed by atoms with Crippen LogP contribution in [0.25, 0.3) is 0 Å². The fourth-order valence-electron chi connectivity index (χ4n) is 3.44. The first-order chi connectivity index (χ1) is 8.43. The maximum atomic E-state index is 9.93. The van der Waals surface area contributed by atoms with Crippen molar-refractivity contribution in [2.75, 3.05) is 5.32 Å². The van der Waals surface area contributed by atoms with Crippen LogP contribution < -0.4 is 5.32 Å². The van der Waals surface area contributed by atoms with Crippen LogP contribution in [0.2, 0.25) is 0 Å². The van der Waals surface area contributed by atoms with Crippen LogP contribution in [-0.4, -0.2) is 16.1 Å². The van der Waals surface area contributed by atoms with Gasteiger partial charge in [0, 0.05) is 11.5 Å². The van der Waals surface area contributed by atoms with Gasteiger partial charge in [-0.1, -0.05) is 38.5 Å². The normalized spacial score (nSPS) is 30.9. The molecule has 0 aliphatic heterocycles. The molecule has 3 rings (SSSR count). The first kappa shape index (κ1) is 12.3. The molecule has 1 aromatic rings. The molecule has 0 radical (unpaired) electrons. The Kier molecular flexibility index (Phi) is 2.81. The third kappa shape index (κ3) is 2.11. The van der Waals surface area contributed by atoms with Crippen LogP contribution in [0.1, 0.15) is 51.3 Å². The molecule has 3 atom stereocenters. The summed E-state index contributed by atoms with van der Waals surface area (Å²) in [5, 5.41) is 14.4. The van der Waals surface area contributed by atoms with E-state index in [0.29, 0.717) is 6.04 Å². The van der Waals surface area contributed by atoms with E-state index in [2.05, 4.69) is 31.1 Å². The lowest BCUT2D eigenvalue weighted by Crippen LogP contribution is -2.25. The molecular weight excluding hydrogens is 244 g/mol. The van der Waals surface area contributed by atoms with Crippen LogP contribution in [0.15, 0.2) is 0 Å². The summed E-state index contributed by atoms with van der Waals surface area (Å²) in [6.07, 6.45) is 5.46. The second-order valence-electron chi connectivity index (χ2n) is 6.85. The first-order valence-electron chi connectivity index (χ1n) is 6.90. The van der Waals surface area contributed by atoms with E-state index in [1.54, 1.807) is 11.3 Å². The fraction of sp³-hybridized carbons (Fsp3) is 0.786. The van der Waals surface area contributed by atoms with Crippen molar-refractivity contribution in [2.24, 2.45) is 11.8 Å². The molecule has 18 heavy (non-hydrogen) atoms. The second kappa shape index (κ2) is 4.12. The quantitative estimate of drug-likeness (QED) is 0.857. The van der Waals surface area contributed by atoms with E-state index < -0.39 is 0 Å². The second-order valence-corrected chi connectivity index (χ2v) is 7.85. The molecule has 100 valence electrons. The lowest BCUT2D eigenvalue weighted by molar-refractivity contribution is 0.430. The molecule has 2 aliphatic rings. The zero-order chi connectivity index (χ0) is 12.9. The molecule has 1 aromatic heterocycles. The van der Waals surface area contributed by atoms with Gasteiger partial charge in [-0.05, 0) is 31.1 Å². The summed E-state index contributed by atoms with van der Waals surface area (Å²) in [6.45, 7) is 6.34. The van der Waals surface area contributed by atoms with Gasteiger partial charge in [-0.2, -0.15) is 4.98 Å². The van der Waals surface area contributed by atoms with Crippen molar-refractivity contribution < 1.29 is 5.11 Å². The zero-order valence-electron chi connectivity index (χ0n) is 11.4. The lowest BCUT2D eigenvalue weighted by Gasteiger charge is -2.22. The first-order valence-corrected chi connectivity index (χ1v) is 7.72. The SMILES string of the molecule is CC(C)(C)c1sc(N[C@H]2C[C@@H]3CC[C@H]2C3)nc1O. The van der Waals surface area contributed by atoms with E-state index in [9.17, 15) is 5.11 Å². The van der Waals surface area contributed by atoms with Crippen molar-refractivity contribution in [3.63, 3.8) is 0 Å². The minimum Gasteiger partial charge on any atom is -0.492 e. The highest BCUT2D eigenvalue weighted by atomic mass is 32.1. The maximum Gasteiger partial charge on any atom is 0.227 e. The van der Waals surface area contributed by atoms with E-state index in [1.165, 1.54) is 25.7 Å². The number of hydrogen-bond donors (Lipinski definition) is 2. The molecule has 3 nitrogen and oxygen atoms in total. The summed E-state index contributed by atoms with van der Waals surface area (Å²) >= 11 is 1.61. The Hall–Kier alpha value is -0.770. The van der Waals surface area contributed by atoms with E-state index in [0.717, 1.165) is 21.8 Å². The number of nitrogens with zero attached hydrogens (tertiary/aromatic N) is 1. The number of aromatic hydroxyl groups is 1. The van der Waals surface area contributed by atoms with Crippen molar-refractivity contribution >= 4 is 16.5 Å². The monoisotopic (exact) mass is 266 g/mol. The number of rotatable bonds is 2. The van der Waals surface area contributed by atoms with E-state index in [-0.39, 0.29) is 11.3 Å². The standard InChI is InChI=1S/C14H22N2OS/c1-14(2,3)11-12(17)16-13(18-11)15-10-7-8-4-5-9(10)6-8/h8-10,17H,4-7H2,1-3H3,(H,15,16)/t8-,9+,10+/m1/s1. The average Bonchev–Trinajstić information content (AvgIpc) is 2.92. The highest BCUT2D eigenvalue weighted by molar-refractivity contribution is 7.16. The summed E-state index contributed by atoms with van der Waals surface area (Å²) in [5.41, 5.74) is -0.0314. The lowest BCUT2D eigenvalue weighted by atomic mass is 9.95. The zero-order valence-corrected chi connectivity index (χ0v) is 12.2. The molecule has 2 N–H and O–H groups in total. The van der Waals surface area contributed by atoms with Gasteiger partial charge < -0.3 is 10.4 Å². The summed E-state index contributed by atoms with van der Waals surface area (Å²) in [7, 11) is 0. The molecule has 1 heterocycles. The Bertz CT molecular complexity index is 449. The molecule has 0 saturated heterocycles. The molecule has 2 aliphatic carbocycles. The summed E-state index contributed by atoms with van der Waals surface area (Å²) < 4.78 is 0. The van der Waals surface area contributed by atoms with Gasteiger partial charge in [0.05, 0.1) is 4.88 Å². The van der Waals surface area contributed by atoms with Crippen molar-refractivity contribution in [2.45, 2.75) is 57.9 Å². The Morgan fingerprint density at radius 2 is 2.06 bits per heavy atom. The highest BCUT2D eigenvalue weighted by Gasteiger charge is 2.40. The third-order valence-electron chi connectivity index (χ3n) is 4.34. The van der Waals surface area contributed by atoms with E-state index in [1.807, 2.05) is 0 Å². The summed E-state index contributed by atoms with van der Waals surface area (Å²) in [6, 6.07) is 0.585. The number of nitrogens with one attached hydrogen (secondary N) is 1. The van der Waals surface area contributed by atoms with Gasteiger partial charge in [-0.25, -0.2) is 0 Å². The van der Waals surface area contributed by atoms with E-state index in [4.69, 9.17) is 0 Å². The smallest absolute Gasteiger partial charge is 0.227 e. The fourth-order valence-corrected chi connectivity index (χ4v) is 4.42. The third-order valence-corrected chi connectivity index (χ3v) is 5.74. The van der Waals surface area contributed by atoms with Crippen molar-refractivity contribution in [1.29, 1.82) is 0 Å². The highest BCUT2D eigenvalue weighted by Crippen LogP contribution is 2.46. The number of anilines is 1. The number of thiazole rings is 1. The summed E-state index contributed by atoms with van der Waals surface area (Å²) in [4.78, 5) is 5.27. The molecule has 4 heteroatoms. The molecule has 2 fully saturated rings. The maximum absolute atomic E-state index is 9.93. The molecular formula is C14H22N2OS. The molecule has 2 saturated carbocycles. The van der Waals surface area contributed by atoms with Crippen LogP contribution in [0.3, 0.4) is 0 Å². The van der Waals surface area contributed by atoms with Crippen LogP contribution in [0.4, 0.5) is 5.13 Å². The largest absolute Gasteiger partial charge is 0.492 e. The Morgan fingerprint density at radius 1 is 1.28 bits per heavy atom. The minimum atomic E-state index is -0.0314. The number of aromatic nitrogens is 1.